The number of nitrogens with zero attached hydrogens (tertiary/aromatic N) is 1. The molecule has 3 nitrogen and oxygen atoms in total. The molecule has 0 atom stereocenters. The summed E-state index contributed by atoms with van der Waals surface area (Å²) < 4.78 is 5.60. The van der Waals surface area contributed by atoms with E-state index in [1.807, 2.05) is 48.6 Å². The lowest BCUT2D eigenvalue weighted by Gasteiger charge is -2.18. The number of hydrogen-bond donors (Lipinski definition) is 0. The van der Waals surface area contributed by atoms with Crippen molar-refractivity contribution in [2.45, 2.75) is 6.42 Å². The lowest BCUT2D eigenvalue weighted by molar-refractivity contribution is -0.139. The van der Waals surface area contributed by atoms with Gasteiger partial charge in [0, 0.05) is 10.7 Å². The molecule has 1 aromatic carbocycles. The van der Waals surface area contributed by atoms with E-state index in [9.17, 15) is 4.79 Å². The van der Waals surface area contributed by atoms with Crippen LogP contribution < -0.4 is 0 Å². The summed E-state index contributed by atoms with van der Waals surface area (Å²) in [6, 6.07) is 10.0. The van der Waals surface area contributed by atoms with Gasteiger partial charge in [-0.25, -0.2) is 0 Å². The molecule has 118 valence electrons. The van der Waals surface area contributed by atoms with Gasteiger partial charge in [0.15, 0.2) is 0 Å². The number of hydrogen-bond acceptors (Lipinski definition) is 3. The van der Waals surface area contributed by atoms with Crippen LogP contribution in [-0.4, -0.2) is 25.8 Å². The second kappa shape index (κ2) is 8.44. The Labute approximate surface area is 144 Å². The molecule has 1 heterocycles. The van der Waals surface area contributed by atoms with E-state index >= 15 is 0 Å². The van der Waals surface area contributed by atoms with E-state index in [1.165, 1.54) is 7.11 Å². The standard InChI is InChI=1S/C19H18BrNO2/c1-14(20)7-6-10-16-12-21-13-17(11-18(22)23-2)19(16)15-8-4-3-5-9-15/h3-10,13H,1,11-12H2,2H3/b7-6-,16-10+. The average molecular weight is 372 g/mol. The third kappa shape index (κ3) is 4.89. The molecule has 0 amide bonds. The highest BCUT2D eigenvalue weighted by Crippen LogP contribution is 2.30. The Morgan fingerprint density at radius 3 is 2.78 bits per heavy atom. The number of dihydropyridines is 1. The maximum atomic E-state index is 11.7. The van der Waals surface area contributed by atoms with Crippen molar-refractivity contribution in [1.82, 2.24) is 0 Å². The normalized spacial score (nSPS) is 16.2. The van der Waals surface area contributed by atoms with Crippen molar-refractivity contribution >= 4 is 33.7 Å². The molecular weight excluding hydrogens is 354 g/mol. The summed E-state index contributed by atoms with van der Waals surface area (Å²) in [5.74, 6) is -0.273. The van der Waals surface area contributed by atoms with Crippen molar-refractivity contribution in [3.63, 3.8) is 0 Å². The topological polar surface area (TPSA) is 38.7 Å². The molecule has 0 aromatic heterocycles. The van der Waals surface area contributed by atoms with Crippen LogP contribution in [-0.2, 0) is 9.53 Å². The van der Waals surface area contributed by atoms with E-state index < -0.39 is 0 Å². The third-order valence-electron chi connectivity index (χ3n) is 3.35. The zero-order valence-corrected chi connectivity index (χ0v) is 14.5. The van der Waals surface area contributed by atoms with E-state index in [1.54, 1.807) is 6.21 Å². The smallest absolute Gasteiger partial charge is 0.310 e. The second-order valence-electron chi connectivity index (χ2n) is 4.99. The van der Waals surface area contributed by atoms with Gasteiger partial charge >= 0.3 is 5.97 Å². The van der Waals surface area contributed by atoms with Gasteiger partial charge in [-0.3, -0.25) is 9.79 Å². The van der Waals surface area contributed by atoms with Crippen LogP contribution >= 0.6 is 15.9 Å². The number of ether oxygens (including phenoxy) is 1. The maximum absolute atomic E-state index is 11.7. The summed E-state index contributed by atoms with van der Waals surface area (Å²) in [6.07, 6.45) is 7.77. The van der Waals surface area contributed by atoms with Gasteiger partial charge in [-0.15, -0.1) is 0 Å². The SMILES string of the molecule is C=C(Br)/C=C\C=C1/CN=CC(CC(=O)OC)=C1c1ccccc1. The van der Waals surface area contributed by atoms with Crippen LogP contribution in [0.5, 0.6) is 0 Å². The predicted molar refractivity (Wildman–Crippen MR) is 98.6 cm³/mol. The van der Waals surface area contributed by atoms with Crippen molar-refractivity contribution < 1.29 is 9.53 Å². The van der Waals surface area contributed by atoms with Gasteiger partial charge in [0.1, 0.15) is 0 Å². The third-order valence-corrected chi connectivity index (χ3v) is 3.61. The van der Waals surface area contributed by atoms with Gasteiger partial charge in [0.2, 0.25) is 0 Å². The number of carbonyl (C=O) groups is 1. The van der Waals surface area contributed by atoms with E-state index in [-0.39, 0.29) is 12.4 Å². The lowest BCUT2D eigenvalue weighted by atomic mass is 9.89. The Bertz CT molecular complexity index is 712. The summed E-state index contributed by atoms with van der Waals surface area (Å²) in [5, 5.41) is 0. The molecule has 23 heavy (non-hydrogen) atoms. The van der Waals surface area contributed by atoms with Crippen LogP contribution in [0.1, 0.15) is 12.0 Å². The molecule has 0 N–H and O–H groups in total. The van der Waals surface area contributed by atoms with Gasteiger partial charge in [0.25, 0.3) is 0 Å². The first-order valence-electron chi connectivity index (χ1n) is 7.19. The Morgan fingerprint density at radius 2 is 2.13 bits per heavy atom. The summed E-state index contributed by atoms with van der Waals surface area (Å²) in [7, 11) is 1.39. The Balaban J connectivity index is 2.48. The molecule has 1 aliphatic heterocycles. The molecule has 0 aliphatic carbocycles. The number of esters is 1. The van der Waals surface area contributed by atoms with Crippen LogP contribution in [0.4, 0.5) is 0 Å². The van der Waals surface area contributed by atoms with E-state index in [0.29, 0.717) is 6.54 Å². The molecule has 2 rings (SSSR count). The minimum atomic E-state index is -0.273. The van der Waals surface area contributed by atoms with E-state index in [2.05, 4.69) is 27.5 Å². The summed E-state index contributed by atoms with van der Waals surface area (Å²) in [6.45, 7) is 4.36. The van der Waals surface area contributed by atoms with Crippen LogP contribution in [0.2, 0.25) is 0 Å². The van der Waals surface area contributed by atoms with E-state index in [4.69, 9.17) is 4.74 Å². The molecule has 1 aliphatic rings. The first kappa shape index (κ1) is 17.2. The van der Waals surface area contributed by atoms with E-state index in [0.717, 1.165) is 26.8 Å². The molecule has 1 aromatic rings. The predicted octanol–water partition coefficient (Wildman–Crippen LogP) is 4.48. The molecular formula is C19H18BrNO2. The molecule has 0 saturated carbocycles. The quantitative estimate of drug-likeness (QED) is 0.565. The van der Waals surface area contributed by atoms with Gasteiger partial charge in [-0.05, 0) is 28.4 Å². The van der Waals surface area contributed by atoms with Gasteiger partial charge in [0.05, 0.1) is 20.1 Å². The molecule has 0 unspecified atom stereocenters. The highest BCUT2D eigenvalue weighted by atomic mass is 79.9. The van der Waals surface area contributed by atoms with Gasteiger partial charge in [-0.2, -0.15) is 0 Å². The van der Waals surface area contributed by atoms with Crippen LogP contribution in [0.25, 0.3) is 5.57 Å². The lowest BCUT2D eigenvalue weighted by Crippen LogP contribution is -2.10. The van der Waals surface area contributed by atoms with Crippen molar-refractivity contribution in [2.75, 3.05) is 13.7 Å². The number of carbonyl (C=O) groups excluding carboxylic acids is 1. The summed E-state index contributed by atoms with van der Waals surface area (Å²) >= 11 is 3.30. The minimum absolute atomic E-state index is 0.205. The van der Waals surface area contributed by atoms with Gasteiger partial charge in [-0.1, -0.05) is 65.0 Å². The number of rotatable bonds is 5. The average Bonchev–Trinajstić information content (AvgIpc) is 2.55. The second-order valence-corrected chi connectivity index (χ2v) is 6.01. The zero-order valence-electron chi connectivity index (χ0n) is 13.0. The fourth-order valence-electron chi connectivity index (χ4n) is 2.35. The minimum Gasteiger partial charge on any atom is -0.469 e. The highest BCUT2D eigenvalue weighted by molar-refractivity contribution is 9.11. The molecule has 0 fully saturated rings. The first-order chi connectivity index (χ1) is 11.1. The van der Waals surface area contributed by atoms with Gasteiger partial charge < -0.3 is 4.74 Å². The fraction of sp³-hybridized carbons (Fsp3) is 0.158. The number of allylic oxidation sites excluding steroid dienone is 4. The molecule has 0 radical (unpaired) electrons. The van der Waals surface area contributed by atoms with Crippen LogP contribution in [0.15, 0.2) is 75.8 Å². The van der Waals surface area contributed by atoms with Crippen LogP contribution in [0.3, 0.4) is 0 Å². The monoisotopic (exact) mass is 371 g/mol. The number of aliphatic imine (C=N–C) groups is 1. The Kier molecular flexibility index (Phi) is 6.29. The van der Waals surface area contributed by atoms with Crippen molar-refractivity contribution in [2.24, 2.45) is 4.99 Å². The number of halogens is 1. The molecule has 0 spiro atoms. The largest absolute Gasteiger partial charge is 0.469 e. The maximum Gasteiger partial charge on any atom is 0.310 e. The molecule has 4 heteroatoms. The number of benzene rings is 1. The Hall–Kier alpha value is -2.20. The van der Waals surface area contributed by atoms with Crippen LogP contribution in [0, 0.1) is 0 Å². The Morgan fingerprint density at radius 1 is 1.39 bits per heavy atom. The summed E-state index contributed by atoms with van der Waals surface area (Å²) in [5.41, 5.74) is 4.03. The molecule has 0 saturated heterocycles. The summed E-state index contributed by atoms with van der Waals surface area (Å²) in [4.78, 5) is 16.1. The van der Waals surface area contributed by atoms with Crippen molar-refractivity contribution in [3.05, 3.63) is 76.3 Å². The molecule has 0 bridgehead atoms. The fourth-order valence-corrected chi connectivity index (χ4v) is 2.50. The first-order valence-corrected chi connectivity index (χ1v) is 7.98. The van der Waals surface area contributed by atoms with Crippen molar-refractivity contribution in [3.8, 4) is 0 Å². The van der Waals surface area contributed by atoms with Crippen molar-refractivity contribution in [1.29, 1.82) is 0 Å². The zero-order chi connectivity index (χ0) is 16.7. The highest BCUT2D eigenvalue weighted by Gasteiger charge is 2.18. The number of methoxy groups -OCH3 is 1.